The summed E-state index contributed by atoms with van der Waals surface area (Å²) in [6, 6.07) is 9.80. The van der Waals surface area contributed by atoms with E-state index in [1.165, 1.54) is 24.2 Å². The second-order valence-corrected chi connectivity index (χ2v) is 8.44. The summed E-state index contributed by atoms with van der Waals surface area (Å²) in [7, 11) is 0. The van der Waals surface area contributed by atoms with Gasteiger partial charge in [0.2, 0.25) is 0 Å². The van der Waals surface area contributed by atoms with Gasteiger partial charge in [-0.15, -0.1) is 0 Å². The van der Waals surface area contributed by atoms with Gasteiger partial charge in [0.05, 0.1) is 22.2 Å². The molecule has 0 aliphatic carbocycles. The highest BCUT2D eigenvalue weighted by molar-refractivity contribution is 7.18. The van der Waals surface area contributed by atoms with Gasteiger partial charge in [0.15, 0.2) is 10.9 Å². The van der Waals surface area contributed by atoms with Crippen molar-refractivity contribution in [1.82, 2.24) is 9.97 Å². The molecule has 7 nitrogen and oxygen atoms in total. The number of pyridine rings is 1. The molecule has 1 atom stereocenters. The molecule has 8 heteroatoms. The predicted octanol–water partition coefficient (Wildman–Crippen LogP) is 4.24. The number of nitrogens with zero attached hydrogens (tertiary/aromatic N) is 3. The quantitative estimate of drug-likeness (QED) is 0.272. The van der Waals surface area contributed by atoms with Crippen LogP contribution in [0.15, 0.2) is 54.4 Å². The van der Waals surface area contributed by atoms with Crippen LogP contribution < -0.4 is 4.90 Å². The van der Waals surface area contributed by atoms with Gasteiger partial charge < -0.3 is 5.11 Å². The molecular formula is C24H21N3O4S. The number of hydrogen-bond donors (Lipinski definition) is 1. The molecule has 4 rings (SSSR count). The fourth-order valence-corrected chi connectivity index (χ4v) is 4.75. The molecule has 1 amide bonds. The van der Waals surface area contributed by atoms with Crippen molar-refractivity contribution in [3.63, 3.8) is 0 Å². The van der Waals surface area contributed by atoms with Crippen molar-refractivity contribution in [2.45, 2.75) is 33.2 Å². The maximum absolute atomic E-state index is 13.1. The molecule has 1 saturated heterocycles. The molecule has 1 aliphatic rings. The van der Waals surface area contributed by atoms with Crippen molar-refractivity contribution in [3.8, 4) is 0 Å². The molecule has 162 valence electrons. The van der Waals surface area contributed by atoms with Gasteiger partial charge >= 0.3 is 5.91 Å². The zero-order valence-corrected chi connectivity index (χ0v) is 18.6. The number of aryl methyl sites for hydroxylation is 2. The summed E-state index contributed by atoms with van der Waals surface area (Å²) < 4.78 is 0. The average Bonchev–Trinajstić information content (AvgIpc) is 3.31. The molecule has 1 N–H and O–H groups in total. The summed E-state index contributed by atoms with van der Waals surface area (Å²) in [6.45, 7) is 5.16. The molecular weight excluding hydrogens is 426 g/mol. The number of Topliss-reactive ketones (excluding diaryl/α,β-unsaturated/α-hetero) is 2. The molecule has 0 saturated carbocycles. The minimum Gasteiger partial charge on any atom is -0.507 e. The van der Waals surface area contributed by atoms with Crippen LogP contribution >= 0.6 is 11.3 Å². The number of thiazole rings is 1. The number of aromatic nitrogens is 2. The number of rotatable bonds is 5. The summed E-state index contributed by atoms with van der Waals surface area (Å²) in [4.78, 5) is 48.3. The van der Waals surface area contributed by atoms with Crippen LogP contribution in [0.4, 0.5) is 5.13 Å². The number of amides is 1. The first-order valence-corrected chi connectivity index (χ1v) is 10.9. The highest BCUT2D eigenvalue weighted by atomic mass is 32.1. The standard InChI is InChI=1S/C24H21N3O4S/c1-4-15-5-7-16(8-6-15)19-18(20(29)17-9-11-25-12-10-17)21(30)23(31)27(19)24-26-13(2)22(32-24)14(3)28/h5-12,19,29H,4H2,1-3H3. The van der Waals surface area contributed by atoms with Crippen LogP contribution in [0.5, 0.6) is 0 Å². The molecule has 1 aromatic carbocycles. The lowest BCUT2D eigenvalue weighted by atomic mass is 9.95. The first kappa shape index (κ1) is 21.6. The second-order valence-electron chi connectivity index (χ2n) is 7.47. The van der Waals surface area contributed by atoms with E-state index in [4.69, 9.17) is 0 Å². The van der Waals surface area contributed by atoms with E-state index in [1.54, 1.807) is 19.1 Å². The largest absolute Gasteiger partial charge is 0.507 e. The number of benzene rings is 1. The maximum atomic E-state index is 13.1. The highest BCUT2D eigenvalue weighted by Crippen LogP contribution is 2.43. The topological polar surface area (TPSA) is 100 Å². The van der Waals surface area contributed by atoms with Crippen molar-refractivity contribution in [2.75, 3.05) is 4.90 Å². The fraction of sp³-hybridized carbons (Fsp3) is 0.208. The Hall–Kier alpha value is -3.65. The molecule has 1 aliphatic heterocycles. The van der Waals surface area contributed by atoms with E-state index in [-0.39, 0.29) is 22.2 Å². The highest BCUT2D eigenvalue weighted by Gasteiger charge is 2.48. The van der Waals surface area contributed by atoms with E-state index in [0.717, 1.165) is 23.3 Å². The van der Waals surface area contributed by atoms with Crippen LogP contribution in [0.3, 0.4) is 0 Å². The molecule has 3 heterocycles. The Morgan fingerprint density at radius 3 is 2.34 bits per heavy atom. The van der Waals surface area contributed by atoms with Crippen molar-refractivity contribution < 1.29 is 19.5 Å². The van der Waals surface area contributed by atoms with Gasteiger partial charge in [-0.2, -0.15) is 0 Å². The lowest BCUT2D eigenvalue weighted by Gasteiger charge is -2.23. The Kier molecular flexibility index (Phi) is 5.71. The first-order chi connectivity index (χ1) is 15.3. The Bertz CT molecular complexity index is 1250. The SMILES string of the molecule is CCc1ccc(C2C(=C(O)c3ccncc3)C(=O)C(=O)N2c2nc(C)c(C(C)=O)s2)cc1. The Balaban J connectivity index is 1.94. The monoisotopic (exact) mass is 447 g/mol. The number of anilines is 1. The van der Waals surface area contributed by atoms with Gasteiger partial charge in [-0.05, 0) is 36.6 Å². The Labute approximate surface area is 189 Å². The third-order valence-corrected chi connectivity index (χ3v) is 6.67. The molecule has 0 radical (unpaired) electrons. The lowest BCUT2D eigenvalue weighted by molar-refractivity contribution is -0.132. The smallest absolute Gasteiger partial charge is 0.301 e. The van der Waals surface area contributed by atoms with Crippen LogP contribution in [-0.4, -0.2) is 32.5 Å². The predicted molar refractivity (Wildman–Crippen MR) is 122 cm³/mol. The minimum absolute atomic E-state index is 0.0253. The van der Waals surface area contributed by atoms with Crippen molar-refractivity contribution in [3.05, 3.63) is 81.6 Å². The van der Waals surface area contributed by atoms with Crippen LogP contribution in [0, 0.1) is 6.92 Å². The summed E-state index contributed by atoms with van der Waals surface area (Å²) in [5.74, 6) is -2.04. The van der Waals surface area contributed by atoms with Gasteiger partial charge in [0.25, 0.3) is 5.78 Å². The van der Waals surface area contributed by atoms with E-state index >= 15 is 0 Å². The van der Waals surface area contributed by atoms with Crippen LogP contribution in [0.1, 0.15) is 51.9 Å². The van der Waals surface area contributed by atoms with E-state index in [2.05, 4.69) is 9.97 Å². The van der Waals surface area contributed by atoms with Crippen LogP contribution in [0.25, 0.3) is 5.76 Å². The second kappa shape index (κ2) is 8.47. The van der Waals surface area contributed by atoms with Gasteiger partial charge in [-0.3, -0.25) is 24.3 Å². The van der Waals surface area contributed by atoms with Crippen LogP contribution in [0.2, 0.25) is 0 Å². The number of aliphatic hydroxyl groups excluding tert-OH is 1. The fourth-order valence-electron chi connectivity index (χ4n) is 3.76. The summed E-state index contributed by atoms with van der Waals surface area (Å²) in [5.41, 5.74) is 2.61. The van der Waals surface area contributed by atoms with Gasteiger partial charge in [-0.25, -0.2) is 4.98 Å². The van der Waals surface area contributed by atoms with Gasteiger partial charge in [0, 0.05) is 24.9 Å². The Morgan fingerprint density at radius 2 is 1.78 bits per heavy atom. The van der Waals surface area contributed by atoms with E-state index < -0.39 is 17.7 Å². The average molecular weight is 448 g/mol. The van der Waals surface area contributed by atoms with Crippen molar-refractivity contribution in [2.24, 2.45) is 0 Å². The van der Waals surface area contributed by atoms with Crippen LogP contribution in [-0.2, 0) is 16.0 Å². The molecule has 32 heavy (non-hydrogen) atoms. The Morgan fingerprint density at radius 1 is 1.12 bits per heavy atom. The molecule has 0 bridgehead atoms. The van der Waals surface area contributed by atoms with E-state index in [1.807, 2.05) is 31.2 Å². The zero-order chi connectivity index (χ0) is 23.0. The molecule has 0 spiro atoms. The van der Waals surface area contributed by atoms with Gasteiger partial charge in [0.1, 0.15) is 5.76 Å². The van der Waals surface area contributed by atoms with Crippen molar-refractivity contribution >= 4 is 39.7 Å². The number of carbonyl (C=O) groups excluding carboxylic acids is 3. The maximum Gasteiger partial charge on any atom is 0.301 e. The summed E-state index contributed by atoms with van der Waals surface area (Å²) in [6.07, 6.45) is 3.84. The first-order valence-electron chi connectivity index (χ1n) is 10.1. The van der Waals surface area contributed by atoms with E-state index in [0.29, 0.717) is 21.7 Å². The number of ketones is 2. The summed E-state index contributed by atoms with van der Waals surface area (Å²) in [5, 5.41) is 11.3. The molecule has 3 aromatic rings. The molecule has 1 fully saturated rings. The lowest BCUT2D eigenvalue weighted by Crippen LogP contribution is -2.29. The van der Waals surface area contributed by atoms with E-state index in [9.17, 15) is 19.5 Å². The molecule has 2 aromatic heterocycles. The van der Waals surface area contributed by atoms with Crippen molar-refractivity contribution in [1.29, 1.82) is 0 Å². The number of hydrogen-bond acceptors (Lipinski definition) is 7. The zero-order valence-electron chi connectivity index (χ0n) is 17.8. The summed E-state index contributed by atoms with van der Waals surface area (Å²) >= 11 is 1.06. The van der Waals surface area contributed by atoms with Gasteiger partial charge in [-0.1, -0.05) is 42.5 Å². The third-order valence-electron chi connectivity index (χ3n) is 5.41. The molecule has 1 unspecified atom stereocenters. The third kappa shape index (κ3) is 3.62. The minimum atomic E-state index is -0.876. The normalized spacial score (nSPS) is 17.7. The number of aliphatic hydroxyl groups is 1. The number of carbonyl (C=O) groups is 3.